The molecular formula is C34H42N4O3. The number of nitrogens with zero attached hydrogens (tertiary/aromatic N) is 2. The van der Waals surface area contributed by atoms with Gasteiger partial charge in [-0.3, -0.25) is 4.79 Å². The molecule has 7 nitrogen and oxygen atoms in total. The fourth-order valence-corrected chi connectivity index (χ4v) is 5.19. The van der Waals surface area contributed by atoms with Gasteiger partial charge in [-0.1, -0.05) is 24.3 Å². The number of phenolic OH excluding ortho intramolecular Hbond substituents is 1. The van der Waals surface area contributed by atoms with Gasteiger partial charge in [0.1, 0.15) is 11.6 Å². The number of amides is 1. The van der Waals surface area contributed by atoms with E-state index < -0.39 is 6.10 Å². The number of aliphatic hydroxyl groups is 1. The number of carbonyl (C=O) groups excluding carboxylic acids is 1. The second-order valence-corrected chi connectivity index (χ2v) is 11.6. The Morgan fingerprint density at radius 3 is 2.39 bits per heavy atom. The third-order valence-corrected chi connectivity index (χ3v) is 7.82. The van der Waals surface area contributed by atoms with Crippen molar-refractivity contribution in [3.63, 3.8) is 0 Å². The molecule has 4 rings (SSSR count). The second kappa shape index (κ2) is 12.7. The maximum Gasteiger partial charge on any atom is 0.251 e. The molecule has 216 valence electrons. The normalized spacial score (nSPS) is 12.4. The molecule has 0 saturated carbocycles. The number of hydrogen-bond donors (Lipinski definition) is 4. The van der Waals surface area contributed by atoms with Crippen LogP contribution in [0.15, 0.2) is 66.9 Å². The highest BCUT2D eigenvalue weighted by Gasteiger charge is 2.21. The maximum atomic E-state index is 12.9. The minimum atomic E-state index is -0.694. The van der Waals surface area contributed by atoms with Crippen LogP contribution in [0.1, 0.15) is 69.5 Å². The zero-order chi connectivity index (χ0) is 29.7. The standard InChI is InChI=1S/C34H42N4O3/c1-22-10-11-23(2)38(22)32-15-13-29(20-36-32)31(40)21-37-34(5,6)19-26-8-7-9-28(18-26)33(41)35-17-16-27-12-14-30(39)25(4)24(27)3/h7-15,18,20,31,37,39-40H,16-17,19,21H2,1-6H3,(H,35,41)/t31-/m0/s1. The Labute approximate surface area is 243 Å². The number of rotatable bonds is 11. The summed E-state index contributed by atoms with van der Waals surface area (Å²) in [4.78, 5) is 17.4. The van der Waals surface area contributed by atoms with Gasteiger partial charge < -0.3 is 25.4 Å². The molecule has 0 aliphatic rings. The van der Waals surface area contributed by atoms with Crippen molar-refractivity contribution in [3.8, 4) is 11.6 Å². The van der Waals surface area contributed by atoms with Crippen molar-refractivity contribution in [1.29, 1.82) is 0 Å². The van der Waals surface area contributed by atoms with E-state index in [0.717, 1.165) is 45.0 Å². The van der Waals surface area contributed by atoms with Gasteiger partial charge in [-0.2, -0.15) is 0 Å². The molecule has 2 heterocycles. The van der Waals surface area contributed by atoms with Crippen LogP contribution in [0.2, 0.25) is 0 Å². The van der Waals surface area contributed by atoms with Crippen LogP contribution in [0.5, 0.6) is 5.75 Å². The SMILES string of the molecule is Cc1c(O)ccc(CCNC(=O)c2cccc(CC(C)(C)NC[C@H](O)c3ccc(-n4c(C)ccc4C)nc3)c2)c1C. The molecule has 4 aromatic rings. The van der Waals surface area contributed by atoms with Gasteiger partial charge in [0, 0.05) is 47.3 Å². The average molecular weight is 555 g/mol. The Kier molecular flexibility index (Phi) is 9.31. The summed E-state index contributed by atoms with van der Waals surface area (Å²) in [5.41, 5.74) is 7.39. The van der Waals surface area contributed by atoms with Crippen LogP contribution in [0.3, 0.4) is 0 Å². The lowest BCUT2D eigenvalue weighted by Crippen LogP contribution is -2.43. The van der Waals surface area contributed by atoms with Gasteiger partial charge in [-0.05, 0) is 113 Å². The molecule has 0 spiro atoms. The van der Waals surface area contributed by atoms with Crippen molar-refractivity contribution in [2.24, 2.45) is 0 Å². The second-order valence-electron chi connectivity index (χ2n) is 11.6. The van der Waals surface area contributed by atoms with Crippen molar-refractivity contribution < 1.29 is 15.0 Å². The molecule has 2 aromatic heterocycles. The number of β-amino-alcohol motifs (C(OH)–C–C–N with tert-alkyl or cyclic N) is 1. The van der Waals surface area contributed by atoms with Gasteiger partial charge in [0.15, 0.2) is 0 Å². The Hall–Kier alpha value is -3.94. The largest absolute Gasteiger partial charge is 0.508 e. The Bertz CT molecular complexity index is 1490. The van der Waals surface area contributed by atoms with Crippen molar-refractivity contribution in [1.82, 2.24) is 20.2 Å². The quantitative estimate of drug-likeness (QED) is 0.198. The number of nitrogens with one attached hydrogen (secondary N) is 2. The molecule has 41 heavy (non-hydrogen) atoms. The highest BCUT2D eigenvalue weighted by Crippen LogP contribution is 2.23. The minimum Gasteiger partial charge on any atom is -0.508 e. The molecule has 0 fully saturated rings. The Morgan fingerprint density at radius 2 is 1.71 bits per heavy atom. The molecule has 1 atom stereocenters. The first-order valence-electron chi connectivity index (χ1n) is 14.1. The van der Waals surface area contributed by atoms with Crippen LogP contribution < -0.4 is 10.6 Å². The summed E-state index contributed by atoms with van der Waals surface area (Å²) < 4.78 is 2.09. The molecule has 0 saturated heterocycles. The molecule has 0 unspecified atom stereocenters. The zero-order valence-corrected chi connectivity index (χ0v) is 25.0. The van der Waals surface area contributed by atoms with Gasteiger partial charge in [-0.25, -0.2) is 4.98 Å². The van der Waals surface area contributed by atoms with Gasteiger partial charge in [-0.15, -0.1) is 0 Å². The Balaban J connectivity index is 1.30. The van der Waals surface area contributed by atoms with Gasteiger partial charge in [0.05, 0.1) is 6.10 Å². The molecule has 0 bridgehead atoms. The summed E-state index contributed by atoms with van der Waals surface area (Å²) in [7, 11) is 0. The van der Waals surface area contributed by atoms with Crippen molar-refractivity contribution in [2.45, 2.75) is 66.0 Å². The summed E-state index contributed by atoms with van der Waals surface area (Å²) in [6.07, 6.45) is 2.43. The number of benzene rings is 2. The average Bonchev–Trinajstić information content (AvgIpc) is 3.29. The van der Waals surface area contributed by atoms with Gasteiger partial charge in [0.25, 0.3) is 5.91 Å². The van der Waals surface area contributed by atoms with E-state index in [2.05, 4.69) is 46.2 Å². The van der Waals surface area contributed by atoms with E-state index in [0.29, 0.717) is 37.2 Å². The molecule has 1 amide bonds. The van der Waals surface area contributed by atoms with E-state index >= 15 is 0 Å². The van der Waals surface area contributed by atoms with Gasteiger partial charge in [0.2, 0.25) is 0 Å². The first-order chi connectivity index (χ1) is 19.4. The van der Waals surface area contributed by atoms with E-state index in [4.69, 9.17) is 0 Å². The topological polar surface area (TPSA) is 99.4 Å². The molecule has 7 heteroatoms. The van der Waals surface area contributed by atoms with Crippen LogP contribution in [0.25, 0.3) is 5.82 Å². The van der Waals surface area contributed by atoms with Crippen LogP contribution in [-0.4, -0.2) is 44.3 Å². The summed E-state index contributed by atoms with van der Waals surface area (Å²) in [5.74, 6) is 1.02. The van der Waals surface area contributed by atoms with Crippen LogP contribution in [0, 0.1) is 27.7 Å². The summed E-state index contributed by atoms with van der Waals surface area (Å²) in [5, 5.41) is 27.2. The highest BCUT2D eigenvalue weighted by atomic mass is 16.3. The third kappa shape index (κ3) is 7.43. The molecule has 0 aliphatic carbocycles. The monoisotopic (exact) mass is 554 g/mol. The predicted octanol–water partition coefficient (Wildman–Crippen LogP) is 5.43. The number of pyridine rings is 1. The summed E-state index contributed by atoms with van der Waals surface area (Å²) in [6, 6.07) is 19.3. The van der Waals surface area contributed by atoms with E-state index in [1.54, 1.807) is 12.3 Å². The number of aromatic nitrogens is 2. The lowest BCUT2D eigenvalue weighted by molar-refractivity contribution is 0.0954. The number of hydrogen-bond acceptors (Lipinski definition) is 5. The molecule has 2 aromatic carbocycles. The summed E-state index contributed by atoms with van der Waals surface area (Å²) >= 11 is 0. The minimum absolute atomic E-state index is 0.109. The van der Waals surface area contributed by atoms with Gasteiger partial charge >= 0.3 is 0 Å². The van der Waals surface area contributed by atoms with E-state index in [1.807, 2.05) is 70.2 Å². The first kappa shape index (κ1) is 30.0. The number of phenols is 1. The number of aryl methyl sites for hydroxylation is 2. The van der Waals surface area contributed by atoms with E-state index in [-0.39, 0.29) is 11.4 Å². The lowest BCUT2D eigenvalue weighted by Gasteiger charge is -2.28. The van der Waals surface area contributed by atoms with Crippen LogP contribution >= 0.6 is 0 Å². The smallest absolute Gasteiger partial charge is 0.251 e. The molecular weight excluding hydrogens is 512 g/mol. The van der Waals surface area contributed by atoms with Crippen LogP contribution in [0.4, 0.5) is 0 Å². The van der Waals surface area contributed by atoms with Crippen LogP contribution in [-0.2, 0) is 12.8 Å². The van der Waals surface area contributed by atoms with Crippen molar-refractivity contribution in [2.75, 3.05) is 13.1 Å². The lowest BCUT2D eigenvalue weighted by atomic mass is 9.93. The maximum absolute atomic E-state index is 12.9. The summed E-state index contributed by atoms with van der Waals surface area (Å²) in [6.45, 7) is 13.1. The third-order valence-electron chi connectivity index (χ3n) is 7.82. The number of aromatic hydroxyl groups is 1. The predicted molar refractivity (Wildman–Crippen MR) is 164 cm³/mol. The van der Waals surface area contributed by atoms with E-state index in [9.17, 15) is 15.0 Å². The first-order valence-corrected chi connectivity index (χ1v) is 14.1. The fraction of sp³-hybridized carbons (Fsp3) is 0.353. The molecule has 4 N–H and O–H groups in total. The number of aliphatic hydroxyl groups excluding tert-OH is 1. The Morgan fingerprint density at radius 1 is 0.976 bits per heavy atom. The number of carbonyl (C=O) groups is 1. The van der Waals surface area contributed by atoms with Crippen molar-refractivity contribution >= 4 is 5.91 Å². The fourth-order valence-electron chi connectivity index (χ4n) is 5.19. The highest BCUT2D eigenvalue weighted by molar-refractivity contribution is 5.94. The van der Waals surface area contributed by atoms with E-state index in [1.165, 1.54) is 0 Å². The van der Waals surface area contributed by atoms with Crippen molar-refractivity contribution in [3.05, 3.63) is 112 Å². The molecule has 0 radical (unpaired) electrons. The molecule has 0 aliphatic heterocycles. The zero-order valence-electron chi connectivity index (χ0n) is 25.0.